The molecule has 0 aliphatic carbocycles. The van der Waals surface area contributed by atoms with Crippen LogP contribution in [0.25, 0.3) is 33.7 Å². The number of rotatable bonds is 3. The van der Waals surface area contributed by atoms with Crippen LogP contribution in [0, 0.1) is 11.6 Å². The largest absolute Gasteiger partial charge is 0.239 e. The Labute approximate surface area is 152 Å². The third-order valence-corrected chi connectivity index (χ3v) is 4.55. The third-order valence-electron chi connectivity index (χ3n) is 3.86. The molecule has 2 aromatic heterocycles. The SMILES string of the molecule is CSc1ncnc2nc(-c3ccc(F)cc3)c(-c3ccc(F)cc3)nc12. The molecule has 0 saturated heterocycles. The molecule has 128 valence electrons. The summed E-state index contributed by atoms with van der Waals surface area (Å²) < 4.78 is 26.7. The number of benzene rings is 2. The van der Waals surface area contributed by atoms with E-state index in [-0.39, 0.29) is 11.6 Å². The Morgan fingerprint density at radius 1 is 0.731 bits per heavy atom. The second kappa shape index (κ2) is 6.76. The van der Waals surface area contributed by atoms with Crippen LogP contribution >= 0.6 is 11.8 Å². The lowest BCUT2D eigenvalue weighted by atomic mass is 10.0. The number of nitrogens with zero attached hydrogens (tertiary/aromatic N) is 4. The van der Waals surface area contributed by atoms with Crippen molar-refractivity contribution in [2.24, 2.45) is 0 Å². The Morgan fingerprint density at radius 3 is 1.81 bits per heavy atom. The van der Waals surface area contributed by atoms with Crippen LogP contribution in [-0.4, -0.2) is 26.2 Å². The van der Waals surface area contributed by atoms with Crippen LogP contribution in [0.15, 0.2) is 59.9 Å². The molecule has 26 heavy (non-hydrogen) atoms. The zero-order valence-corrected chi connectivity index (χ0v) is 14.5. The van der Waals surface area contributed by atoms with Crippen molar-refractivity contribution in [2.75, 3.05) is 6.26 Å². The van der Waals surface area contributed by atoms with E-state index in [1.54, 1.807) is 24.3 Å². The molecular weight excluding hydrogens is 354 g/mol. The van der Waals surface area contributed by atoms with Gasteiger partial charge in [0.05, 0.1) is 11.4 Å². The lowest BCUT2D eigenvalue weighted by Crippen LogP contribution is -1.99. The number of fused-ring (bicyclic) bond motifs is 1. The van der Waals surface area contributed by atoms with Crippen molar-refractivity contribution in [1.82, 2.24) is 19.9 Å². The predicted octanol–water partition coefficient (Wildman–Crippen LogP) is 4.75. The lowest BCUT2D eigenvalue weighted by Gasteiger charge is -2.11. The van der Waals surface area contributed by atoms with Crippen molar-refractivity contribution < 1.29 is 8.78 Å². The minimum absolute atomic E-state index is 0.334. The normalized spacial score (nSPS) is 11.0. The lowest BCUT2D eigenvalue weighted by molar-refractivity contribution is 0.627. The highest BCUT2D eigenvalue weighted by Gasteiger charge is 2.16. The van der Waals surface area contributed by atoms with Crippen molar-refractivity contribution in [3.8, 4) is 22.5 Å². The Morgan fingerprint density at radius 2 is 1.27 bits per heavy atom. The molecule has 0 aliphatic heterocycles. The fourth-order valence-corrected chi connectivity index (χ4v) is 3.11. The van der Waals surface area contributed by atoms with Gasteiger partial charge in [-0.05, 0) is 54.8 Å². The molecule has 0 spiro atoms. The first-order chi connectivity index (χ1) is 12.7. The fraction of sp³-hybridized carbons (Fsp3) is 0.0526. The molecule has 0 unspecified atom stereocenters. The van der Waals surface area contributed by atoms with Gasteiger partial charge in [0, 0.05) is 11.1 Å². The first kappa shape index (κ1) is 16.5. The fourth-order valence-electron chi connectivity index (χ4n) is 2.62. The maximum absolute atomic E-state index is 13.3. The Kier molecular flexibility index (Phi) is 4.30. The van der Waals surface area contributed by atoms with Gasteiger partial charge in [-0.3, -0.25) is 0 Å². The smallest absolute Gasteiger partial charge is 0.183 e. The van der Waals surface area contributed by atoms with E-state index in [9.17, 15) is 8.78 Å². The second-order valence-electron chi connectivity index (χ2n) is 5.49. The molecule has 0 fully saturated rings. The van der Waals surface area contributed by atoms with Crippen LogP contribution in [0.5, 0.6) is 0 Å². The molecule has 0 radical (unpaired) electrons. The molecule has 2 heterocycles. The van der Waals surface area contributed by atoms with Crippen LogP contribution in [0.2, 0.25) is 0 Å². The molecule has 4 aromatic rings. The number of thioether (sulfide) groups is 1. The van der Waals surface area contributed by atoms with Gasteiger partial charge in [-0.1, -0.05) is 0 Å². The summed E-state index contributed by atoms with van der Waals surface area (Å²) in [6.07, 6.45) is 3.34. The molecule has 0 amide bonds. The molecule has 0 aliphatic rings. The van der Waals surface area contributed by atoms with Crippen molar-refractivity contribution in [3.63, 3.8) is 0 Å². The van der Waals surface area contributed by atoms with E-state index in [4.69, 9.17) is 4.98 Å². The topological polar surface area (TPSA) is 51.6 Å². The average molecular weight is 366 g/mol. The summed E-state index contributed by atoms with van der Waals surface area (Å²) in [5, 5.41) is 0.705. The zero-order valence-electron chi connectivity index (χ0n) is 13.6. The summed E-state index contributed by atoms with van der Waals surface area (Å²) in [7, 11) is 0. The quantitative estimate of drug-likeness (QED) is 0.387. The molecule has 4 nitrogen and oxygen atoms in total. The van der Waals surface area contributed by atoms with E-state index < -0.39 is 0 Å². The number of aromatic nitrogens is 4. The summed E-state index contributed by atoms with van der Waals surface area (Å²) in [5.74, 6) is -0.670. The predicted molar refractivity (Wildman–Crippen MR) is 97.7 cm³/mol. The maximum atomic E-state index is 13.3. The van der Waals surface area contributed by atoms with Gasteiger partial charge in [0.25, 0.3) is 0 Å². The minimum atomic E-state index is -0.335. The van der Waals surface area contributed by atoms with Crippen LogP contribution in [-0.2, 0) is 0 Å². The Bertz CT molecular complexity index is 1080. The standard InChI is InChI=1S/C19H12F2N4S/c1-26-19-17-18(22-10-23-19)25-16(12-4-8-14(21)9-5-12)15(24-17)11-2-6-13(20)7-3-11/h2-10H,1H3. The maximum Gasteiger partial charge on any atom is 0.183 e. The van der Waals surface area contributed by atoms with Crippen molar-refractivity contribution in [3.05, 3.63) is 66.5 Å². The van der Waals surface area contributed by atoms with Gasteiger partial charge in [-0.25, -0.2) is 28.7 Å². The van der Waals surface area contributed by atoms with Crippen molar-refractivity contribution >= 4 is 22.9 Å². The monoisotopic (exact) mass is 366 g/mol. The summed E-state index contributed by atoms with van der Waals surface area (Å²) in [6, 6.07) is 12.0. The van der Waals surface area contributed by atoms with Crippen molar-refractivity contribution in [2.45, 2.75) is 5.03 Å². The van der Waals surface area contributed by atoms with E-state index in [0.717, 1.165) is 0 Å². The highest BCUT2D eigenvalue weighted by Crippen LogP contribution is 2.32. The van der Waals surface area contributed by atoms with E-state index in [1.807, 2.05) is 6.26 Å². The van der Waals surface area contributed by atoms with Gasteiger partial charge in [0.15, 0.2) is 5.65 Å². The average Bonchev–Trinajstić information content (AvgIpc) is 2.68. The molecule has 2 aromatic carbocycles. The van der Waals surface area contributed by atoms with Gasteiger partial charge in [-0.15, -0.1) is 11.8 Å². The van der Waals surface area contributed by atoms with Gasteiger partial charge < -0.3 is 0 Å². The summed E-state index contributed by atoms with van der Waals surface area (Å²) in [5.41, 5.74) is 3.55. The number of halogens is 2. The van der Waals surface area contributed by atoms with Crippen molar-refractivity contribution in [1.29, 1.82) is 0 Å². The molecule has 0 N–H and O–H groups in total. The summed E-state index contributed by atoms with van der Waals surface area (Å²) in [6.45, 7) is 0. The highest BCUT2D eigenvalue weighted by atomic mass is 32.2. The molecule has 0 bridgehead atoms. The van der Waals surface area contributed by atoms with E-state index in [0.29, 0.717) is 38.7 Å². The number of hydrogen-bond acceptors (Lipinski definition) is 5. The van der Waals surface area contributed by atoms with E-state index in [1.165, 1.54) is 42.4 Å². The summed E-state index contributed by atoms with van der Waals surface area (Å²) >= 11 is 1.45. The Hall–Kier alpha value is -2.93. The minimum Gasteiger partial charge on any atom is -0.239 e. The van der Waals surface area contributed by atoms with Gasteiger partial charge in [0.1, 0.15) is 28.5 Å². The first-order valence-corrected chi connectivity index (χ1v) is 8.97. The second-order valence-corrected chi connectivity index (χ2v) is 6.28. The van der Waals surface area contributed by atoms with Gasteiger partial charge in [-0.2, -0.15) is 0 Å². The van der Waals surface area contributed by atoms with Crippen LogP contribution in [0.4, 0.5) is 8.78 Å². The molecular formula is C19H12F2N4S. The molecule has 0 atom stereocenters. The van der Waals surface area contributed by atoms with Crippen LogP contribution in [0.3, 0.4) is 0 Å². The third kappa shape index (κ3) is 3.01. The molecule has 0 saturated carbocycles. The summed E-state index contributed by atoms with van der Waals surface area (Å²) in [4.78, 5) is 17.8. The van der Waals surface area contributed by atoms with Gasteiger partial charge in [0.2, 0.25) is 0 Å². The first-order valence-electron chi connectivity index (χ1n) is 7.74. The van der Waals surface area contributed by atoms with Crippen LogP contribution < -0.4 is 0 Å². The molecule has 7 heteroatoms. The number of hydrogen-bond donors (Lipinski definition) is 0. The highest BCUT2D eigenvalue weighted by molar-refractivity contribution is 7.98. The molecule has 4 rings (SSSR count). The van der Waals surface area contributed by atoms with E-state index >= 15 is 0 Å². The van der Waals surface area contributed by atoms with Crippen LogP contribution in [0.1, 0.15) is 0 Å². The zero-order chi connectivity index (χ0) is 18.1. The van der Waals surface area contributed by atoms with E-state index in [2.05, 4.69) is 15.0 Å². The van der Waals surface area contributed by atoms with Gasteiger partial charge >= 0.3 is 0 Å². The Balaban J connectivity index is 2.03.